The predicted octanol–water partition coefficient (Wildman–Crippen LogP) is 14.5. The van der Waals surface area contributed by atoms with Gasteiger partial charge in [-0.3, -0.25) is 72.8 Å². The van der Waals surface area contributed by atoms with Crippen molar-refractivity contribution in [3.05, 3.63) is 333 Å². The van der Waals surface area contributed by atoms with Gasteiger partial charge in [-0.2, -0.15) is 0 Å². The number of amides is 3. The van der Waals surface area contributed by atoms with Crippen molar-refractivity contribution in [1.82, 2.24) is 28.4 Å². The third-order valence-electron chi connectivity index (χ3n) is 19.4. The number of rotatable bonds is 15. The predicted molar refractivity (Wildman–Crippen MR) is 417 cm³/mol. The molecular formula is C79H62Cl4F4N12O13. The molecule has 15 rings (SSSR count). The smallest absolute Gasteiger partial charge is 0.357 e. The van der Waals surface area contributed by atoms with Gasteiger partial charge in [0.2, 0.25) is 0 Å². The standard InChI is InChI=1S/C27H21Cl2FN4O4.C27H21ClF2N4O4.C25H20ClFN4O5/c28-19-5-3-18(4-6-19)26(35)32-13-11-31(12-14-32)24-22-15-20(29)7-10-23(22)33(27(36)25(24)34(37)38)16-17-1-8-21(30)9-2-17;28-19-5-10-23-22(15-19)24(25(34(37)38)27(36)33(23)16-17-1-6-20(29)7-2-17)31-11-13-32(14-12-31)26(35)18-3-8-21(30)9-4-18;26-17-5-8-20-19(14-17)22(28-9-11-29(12-10-28)24(32)21-2-1-13-36-21)23(31(34)35)25(33)30(20)15-16-3-6-18(27)7-4-16/h2*1-10,15H,11-14,16H2;1-8,13-14H,9-12,15H2. The van der Waals surface area contributed by atoms with E-state index in [9.17, 15) is 76.7 Å². The van der Waals surface area contributed by atoms with Crippen LogP contribution >= 0.6 is 46.4 Å². The minimum atomic E-state index is -0.797. The fraction of sp³-hybridized carbons (Fsp3) is 0.190. The van der Waals surface area contributed by atoms with E-state index < -0.39 is 71.8 Å². The summed E-state index contributed by atoms with van der Waals surface area (Å²) in [6.45, 7) is 3.28. The number of fused-ring (bicyclic) bond motifs is 3. The van der Waals surface area contributed by atoms with E-state index in [1.807, 2.05) is 0 Å². The van der Waals surface area contributed by atoms with Crippen LogP contribution < -0.4 is 31.4 Å². The van der Waals surface area contributed by atoms with Crippen molar-refractivity contribution in [3.8, 4) is 0 Å². The molecule has 0 N–H and O–H groups in total. The Bertz CT molecular complexity index is 5600. The molecule has 3 amide bonds. The normalized spacial score (nSPS) is 13.7. The second-order valence-electron chi connectivity index (χ2n) is 26.2. The third kappa shape index (κ3) is 16.7. The Morgan fingerprint density at radius 2 is 0.625 bits per heavy atom. The van der Waals surface area contributed by atoms with Crippen molar-refractivity contribution < 1.29 is 51.1 Å². The largest absolute Gasteiger partial charge is 0.459 e. The summed E-state index contributed by atoms with van der Waals surface area (Å²) in [6, 6.07) is 46.3. The van der Waals surface area contributed by atoms with Gasteiger partial charge in [-0.1, -0.05) is 82.8 Å². The second kappa shape index (κ2) is 33.4. The van der Waals surface area contributed by atoms with Gasteiger partial charge in [0.1, 0.15) is 40.3 Å². The van der Waals surface area contributed by atoms with Crippen LogP contribution in [0.3, 0.4) is 0 Å². The zero-order valence-electron chi connectivity index (χ0n) is 58.8. The lowest BCUT2D eigenvalue weighted by Crippen LogP contribution is -2.49. The van der Waals surface area contributed by atoms with Crippen molar-refractivity contribution in [2.24, 2.45) is 0 Å². The highest BCUT2D eigenvalue weighted by Crippen LogP contribution is 2.40. The van der Waals surface area contributed by atoms with Crippen LogP contribution in [0.5, 0.6) is 0 Å². The SMILES string of the molecule is O=C(c1ccc(Cl)cc1)N1CCN(c2c([N+](=O)[O-])c(=O)n(Cc3ccc(F)cc3)c3ccc(Cl)cc23)CC1.O=C(c1ccc(F)cc1)N1CCN(c2c([N+](=O)[O-])c(=O)n(Cc3ccc(F)cc3)c3ccc(Cl)cc23)CC1.O=C(c1ccco1)N1CCN(c2c([N+](=O)[O-])c(=O)n(Cc3ccc(F)cc3)c3ccc(Cl)cc23)CC1. The lowest BCUT2D eigenvalue weighted by atomic mass is 10.1. The Hall–Kier alpha value is -12.4. The average Bonchev–Trinajstić information content (AvgIpc) is 0.864. The minimum absolute atomic E-state index is 0.00167. The molecule has 0 saturated carbocycles. The maximum Gasteiger partial charge on any atom is 0.357 e. The van der Waals surface area contributed by atoms with Crippen molar-refractivity contribution in [3.63, 3.8) is 0 Å². The van der Waals surface area contributed by atoms with Gasteiger partial charge in [0.05, 0.1) is 57.2 Å². The molecule has 0 radical (unpaired) electrons. The number of carbonyl (C=O) groups excluding carboxylic acids is 3. The molecular weight excluding hydrogens is 1540 g/mol. The number of aromatic nitrogens is 3. The molecule has 33 heteroatoms. The summed E-state index contributed by atoms with van der Waals surface area (Å²) in [5, 5.41) is 39.6. The highest BCUT2D eigenvalue weighted by molar-refractivity contribution is 6.32. The van der Waals surface area contributed by atoms with E-state index in [0.29, 0.717) is 93.7 Å². The summed E-state index contributed by atoms with van der Waals surface area (Å²) in [4.78, 5) is 124. The van der Waals surface area contributed by atoms with Gasteiger partial charge < -0.3 is 33.8 Å². The van der Waals surface area contributed by atoms with Crippen LogP contribution in [-0.4, -0.2) is 139 Å². The summed E-state index contributed by atoms with van der Waals surface area (Å²) < 4.78 is 62.5. The van der Waals surface area contributed by atoms with E-state index in [1.54, 1.807) is 120 Å². The number of benzene rings is 8. The Morgan fingerprint density at radius 3 is 0.902 bits per heavy atom. The number of pyridine rings is 3. The number of furan rings is 1. The third-order valence-corrected chi connectivity index (χ3v) is 20.4. The molecule has 3 saturated heterocycles. The van der Waals surface area contributed by atoms with E-state index in [4.69, 9.17) is 50.8 Å². The molecule has 3 aliphatic heterocycles. The molecule has 7 heterocycles. The Balaban J connectivity index is 0.000000147. The van der Waals surface area contributed by atoms with Gasteiger partial charge in [-0.25, -0.2) is 17.6 Å². The Labute approximate surface area is 652 Å². The minimum Gasteiger partial charge on any atom is -0.459 e. The van der Waals surface area contributed by atoms with E-state index in [0.717, 1.165) is 0 Å². The van der Waals surface area contributed by atoms with Crippen molar-refractivity contribution in [2.45, 2.75) is 19.6 Å². The number of piperazine rings is 3. The number of anilines is 3. The molecule has 3 fully saturated rings. The molecule has 0 unspecified atom stereocenters. The van der Waals surface area contributed by atoms with Crippen molar-refractivity contribution in [2.75, 3.05) is 93.2 Å². The van der Waals surface area contributed by atoms with Gasteiger partial charge in [-0.15, -0.1) is 0 Å². The first-order chi connectivity index (χ1) is 53.8. The first-order valence-electron chi connectivity index (χ1n) is 34.7. The topological polar surface area (TPSA) is 279 Å². The first-order valence-corrected chi connectivity index (χ1v) is 36.2. The first kappa shape index (κ1) is 77.7. The second-order valence-corrected chi connectivity index (χ2v) is 28.0. The molecule has 112 heavy (non-hydrogen) atoms. The van der Waals surface area contributed by atoms with Crippen LogP contribution in [0.25, 0.3) is 32.7 Å². The fourth-order valence-electron chi connectivity index (χ4n) is 13.9. The number of hydrogen-bond donors (Lipinski definition) is 0. The molecule has 0 spiro atoms. The zero-order chi connectivity index (χ0) is 79.3. The molecule has 0 aliphatic carbocycles. The van der Waals surface area contributed by atoms with E-state index in [2.05, 4.69) is 0 Å². The molecule has 12 aromatic rings. The van der Waals surface area contributed by atoms with Gasteiger partial charge in [-0.05, 0) is 168 Å². The lowest BCUT2D eigenvalue weighted by Gasteiger charge is -2.36. The molecule has 0 bridgehead atoms. The number of carbonyl (C=O) groups is 3. The van der Waals surface area contributed by atoms with Crippen LogP contribution in [0, 0.1) is 53.6 Å². The van der Waals surface area contributed by atoms with Crippen LogP contribution in [0.15, 0.2) is 213 Å². The van der Waals surface area contributed by atoms with Crippen molar-refractivity contribution in [1.29, 1.82) is 0 Å². The van der Waals surface area contributed by atoms with E-state index in [1.165, 1.54) is 117 Å². The van der Waals surface area contributed by atoms with Gasteiger partial charge in [0.25, 0.3) is 17.7 Å². The van der Waals surface area contributed by atoms with E-state index >= 15 is 0 Å². The molecule has 3 aliphatic rings. The number of nitro groups is 3. The van der Waals surface area contributed by atoms with Gasteiger partial charge >= 0.3 is 33.7 Å². The molecule has 8 aromatic carbocycles. The quantitative estimate of drug-likeness (QED) is 0.0524. The average molecular weight is 1610 g/mol. The van der Waals surface area contributed by atoms with Gasteiger partial charge in [0, 0.05) is 126 Å². The van der Waals surface area contributed by atoms with Crippen molar-refractivity contribution >= 4 is 131 Å². The monoisotopic (exact) mass is 1600 g/mol. The summed E-state index contributed by atoms with van der Waals surface area (Å²) in [5.41, 5.74) is 0.416. The number of nitrogens with zero attached hydrogens (tertiary/aromatic N) is 12. The number of halogens is 8. The zero-order valence-corrected chi connectivity index (χ0v) is 61.8. The Kier molecular flexibility index (Phi) is 23.2. The van der Waals surface area contributed by atoms with Crippen LogP contribution in [0.1, 0.15) is 48.0 Å². The molecule has 25 nitrogen and oxygen atoms in total. The van der Waals surface area contributed by atoms with Crippen LogP contribution in [-0.2, 0) is 19.6 Å². The van der Waals surface area contributed by atoms with E-state index in [-0.39, 0.29) is 126 Å². The summed E-state index contributed by atoms with van der Waals surface area (Å²) >= 11 is 24.8. The number of hydrogen-bond acceptors (Lipinski definition) is 16. The Morgan fingerprint density at radius 1 is 0.357 bits per heavy atom. The molecule has 0 atom stereocenters. The lowest BCUT2D eigenvalue weighted by molar-refractivity contribution is -0.385. The van der Waals surface area contributed by atoms with Crippen LogP contribution in [0.2, 0.25) is 20.1 Å². The summed E-state index contributed by atoms with van der Waals surface area (Å²) in [6.07, 6.45) is 1.42. The maximum absolute atomic E-state index is 13.5. The van der Waals surface area contributed by atoms with Crippen LogP contribution in [0.4, 0.5) is 51.7 Å². The highest BCUT2D eigenvalue weighted by Gasteiger charge is 2.37. The fourth-order valence-corrected chi connectivity index (χ4v) is 14.6. The molecule has 4 aromatic heterocycles. The maximum atomic E-state index is 13.5. The highest BCUT2D eigenvalue weighted by atomic mass is 35.5. The van der Waals surface area contributed by atoms with Gasteiger partial charge in [0.15, 0.2) is 5.76 Å². The summed E-state index contributed by atoms with van der Waals surface area (Å²) in [5.74, 6) is -2.22. The molecule has 572 valence electrons. The summed E-state index contributed by atoms with van der Waals surface area (Å²) in [7, 11) is 0.